The number of amides is 1. The summed E-state index contributed by atoms with van der Waals surface area (Å²) in [6, 6.07) is 0. The molecule has 4 heteroatoms. The zero-order chi connectivity index (χ0) is 14.9. The van der Waals surface area contributed by atoms with Crippen LogP contribution in [0.4, 0.5) is 0 Å². The summed E-state index contributed by atoms with van der Waals surface area (Å²) in [5.74, 6) is -1.00. The maximum absolute atomic E-state index is 12.1. The van der Waals surface area contributed by atoms with E-state index in [0.717, 1.165) is 19.3 Å². The molecule has 0 unspecified atom stereocenters. The van der Waals surface area contributed by atoms with Crippen molar-refractivity contribution in [3.63, 3.8) is 0 Å². The molecule has 0 rings (SSSR count). The first-order chi connectivity index (χ1) is 8.87. The Kier molecular flexibility index (Phi) is 8.44. The number of hydrogen-bond acceptors (Lipinski definition) is 2. The lowest BCUT2D eigenvalue weighted by Gasteiger charge is -2.34. The average molecular weight is 271 g/mol. The highest BCUT2D eigenvalue weighted by molar-refractivity contribution is 5.86. The van der Waals surface area contributed by atoms with Crippen molar-refractivity contribution in [1.29, 1.82) is 0 Å². The number of nitrogens with zero attached hydrogens (tertiary/aromatic N) is 1. The van der Waals surface area contributed by atoms with Gasteiger partial charge < -0.3 is 10.0 Å². The van der Waals surface area contributed by atoms with Crippen LogP contribution in [0.3, 0.4) is 0 Å². The van der Waals surface area contributed by atoms with E-state index in [0.29, 0.717) is 13.0 Å². The first-order valence-electron chi connectivity index (χ1n) is 7.41. The largest absolute Gasteiger partial charge is 0.480 e. The highest BCUT2D eigenvalue weighted by atomic mass is 16.4. The number of carboxylic acids is 1. The molecule has 0 bridgehead atoms. The van der Waals surface area contributed by atoms with Crippen molar-refractivity contribution in [2.75, 3.05) is 6.54 Å². The van der Waals surface area contributed by atoms with Crippen LogP contribution in [0, 0.1) is 0 Å². The molecule has 0 spiro atoms. The van der Waals surface area contributed by atoms with Crippen LogP contribution in [0.1, 0.15) is 72.6 Å². The van der Waals surface area contributed by atoms with E-state index in [1.807, 2.05) is 6.92 Å². The van der Waals surface area contributed by atoms with Gasteiger partial charge in [0.25, 0.3) is 0 Å². The third kappa shape index (κ3) is 6.08. The molecule has 0 saturated heterocycles. The average Bonchev–Trinajstić information content (AvgIpc) is 2.34. The molecule has 0 aromatic carbocycles. The molecule has 0 aliphatic heterocycles. The second-order valence-electron chi connectivity index (χ2n) is 5.52. The van der Waals surface area contributed by atoms with Crippen molar-refractivity contribution in [1.82, 2.24) is 4.90 Å². The summed E-state index contributed by atoms with van der Waals surface area (Å²) in [6.07, 6.45) is 7.22. The Bertz CT molecular complexity index is 287. The van der Waals surface area contributed by atoms with E-state index in [9.17, 15) is 9.59 Å². The maximum atomic E-state index is 12.1. The lowest BCUT2D eigenvalue weighted by atomic mass is 10.0. The predicted molar refractivity (Wildman–Crippen MR) is 77.1 cm³/mol. The third-order valence-corrected chi connectivity index (χ3v) is 3.56. The van der Waals surface area contributed by atoms with E-state index < -0.39 is 11.5 Å². The Morgan fingerprint density at radius 1 is 1.00 bits per heavy atom. The fourth-order valence-corrected chi connectivity index (χ4v) is 2.19. The molecule has 0 fully saturated rings. The van der Waals surface area contributed by atoms with Gasteiger partial charge in [-0.25, -0.2) is 4.79 Å². The fraction of sp³-hybridized carbons (Fsp3) is 0.867. The van der Waals surface area contributed by atoms with Gasteiger partial charge in [0, 0.05) is 13.0 Å². The Morgan fingerprint density at radius 2 is 1.53 bits per heavy atom. The van der Waals surface area contributed by atoms with Crippen LogP contribution in [-0.2, 0) is 9.59 Å². The first-order valence-corrected chi connectivity index (χ1v) is 7.41. The molecular weight excluding hydrogens is 242 g/mol. The Morgan fingerprint density at radius 3 is 2.00 bits per heavy atom. The van der Waals surface area contributed by atoms with E-state index >= 15 is 0 Å². The van der Waals surface area contributed by atoms with Gasteiger partial charge in [0.05, 0.1) is 0 Å². The Hall–Kier alpha value is -1.06. The Labute approximate surface area is 117 Å². The van der Waals surface area contributed by atoms with E-state index in [4.69, 9.17) is 5.11 Å². The van der Waals surface area contributed by atoms with Gasteiger partial charge in [-0.3, -0.25) is 4.79 Å². The van der Waals surface area contributed by atoms with Crippen molar-refractivity contribution in [3.8, 4) is 0 Å². The highest BCUT2D eigenvalue weighted by Gasteiger charge is 2.36. The van der Waals surface area contributed by atoms with Crippen LogP contribution < -0.4 is 0 Å². The topological polar surface area (TPSA) is 57.6 Å². The fourth-order valence-electron chi connectivity index (χ4n) is 2.19. The minimum atomic E-state index is -1.12. The number of hydrogen-bond donors (Lipinski definition) is 1. The van der Waals surface area contributed by atoms with Gasteiger partial charge in [0.2, 0.25) is 5.91 Å². The molecule has 1 N–H and O–H groups in total. The standard InChI is InChI=1S/C15H29NO3/c1-5-7-8-9-10-11-12-13(17)16(6-2)15(3,4)14(18)19/h5-12H2,1-4H3,(H,18,19). The van der Waals surface area contributed by atoms with Crippen LogP contribution >= 0.6 is 0 Å². The number of rotatable bonds is 10. The summed E-state index contributed by atoms with van der Waals surface area (Å²) in [5, 5.41) is 9.17. The van der Waals surface area contributed by atoms with Gasteiger partial charge in [0.1, 0.15) is 5.54 Å². The number of likely N-dealkylation sites (N-methyl/N-ethyl adjacent to an activating group) is 1. The van der Waals surface area contributed by atoms with Crippen molar-refractivity contribution in [2.45, 2.75) is 78.2 Å². The summed E-state index contributed by atoms with van der Waals surface area (Å²) < 4.78 is 0. The minimum Gasteiger partial charge on any atom is -0.480 e. The normalized spacial score (nSPS) is 11.4. The molecule has 0 radical (unpaired) electrons. The van der Waals surface area contributed by atoms with Gasteiger partial charge in [-0.1, -0.05) is 39.0 Å². The molecule has 0 atom stereocenters. The summed E-state index contributed by atoms with van der Waals surface area (Å²) in [5.41, 5.74) is -1.12. The summed E-state index contributed by atoms with van der Waals surface area (Å²) in [7, 11) is 0. The number of unbranched alkanes of at least 4 members (excludes halogenated alkanes) is 5. The number of aliphatic carboxylic acids is 1. The van der Waals surface area contributed by atoms with Crippen LogP contribution in [0.5, 0.6) is 0 Å². The second kappa shape index (κ2) is 8.94. The molecule has 19 heavy (non-hydrogen) atoms. The van der Waals surface area contributed by atoms with Crippen molar-refractivity contribution in [2.24, 2.45) is 0 Å². The molecule has 0 aromatic heterocycles. The predicted octanol–water partition coefficient (Wildman–Crippen LogP) is 3.45. The molecule has 4 nitrogen and oxygen atoms in total. The van der Waals surface area contributed by atoms with Crippen LogP contribution in [0.15, 0.2) is 0 Å². The van der Waals surface area contributed by atoms with Gasteiger partial charge in [0.15, 0.2) is 0 Å². The lowest BCUT2D eigenvalue weighted by molar-refractivity contribution is -0.156. The molecule has 112 valence electrons. The van der Waals surface area contributed by atoms with Gasteiger partial charge >= 0.3 is 5.97 Å². The molecule has 0 aliphatic rings. The monoisotopic (exact) mass is 271 g/mol. The molecule has 1 amide bonds. The zero-order valence-electron chi connectivity index (χ0n) is 12.9. The number of carbonyl (C=O) groups is 2. The van der Waals surface area contributed by atoms with Crippen LogP contribution in [0.2, 0.25) is 0 Å². The third-order valence-electron chi connectivity index (χ3n) is 3.56. The van der Waals surface area contributed by atoms with E-state index in [1.165, 1.54) is 24.2 Å². The van der Waals surface area contributed by atoms with Gasteiger partial charge in [-0.2, -0.15) is 0 Å². The molecular formula is C15H29NO3. The highest BCUT2D eigenvalue weighted by Crippen LogP contribution is 2.17. The van der Waals surface area contributed by atoms with Crippen molar-refractivity contribution >= 4 is 11.9 Å². The summed E-state index contributed by atoms with van der Waals surface area (Å²) in [6.45, 7) is 7.60. The maximum Gasteiger partial charge on any atom is 0.329 e. The summed E-state index contributed by atoms with van der Waals surface area (Å²) >= 11 is 0. The molecule has 0 aliphatic carbocycles. The number of carboxylic acid groups (broad SMARTS) is 1. The Balaban J connectivity index is 4.13. The first kappa shape index (κ1) is 17.9. The molecule has 0 saturated carbocycles. The van der Waals surface area contributed by atoms with Gasteiger partial charge in [-0.05, 0) is 27.2 Å². The van der Waals surface area contributed by atoms with Crippen LogP contribution in [0.25, 0.3) is 0 Å². The summed E-state index contributed by atoms with van der Waals surface area (Å²) in [4.78, 5) is 24.7. The van der Waals surface area contributed by atoms with Crippen molar-refractivity contribution in [3.05, 3.63) is 0 Å². The molecule has 0 heterocycles. The second-order valence-corrected chi connectivity index (χ2v) is 5.52. The van der Waals surface area contributed by atoms with Crippen molar-refractivity contribution < 1.29 is 14.7 Å². The van der Waals surface area contributed by atoms with E-state index in [2.05, 4.69) is 6.92 Å². The minimum absolute atomic E-state index is 0.0506. The SMILES string of the molecule is CCCCCCCCC(=O)N(CC)C(C)(C)C(=O)O. The van der Waals surface area contributed by atoms with E-state index in [-0.39, 0.29) is 5.91 Å². The van der Waals surface area contributed by atoms with E-state index in [1.54, 1.807) is 13.8 Å². The zero-order valence-corrected chi connectivity index (χ0v) is 12.9. The molecule has 0 aromatic rings. The number of carbonyl (C=O) groups excluding carboxylic acids is 1. The van der Waals surface area contributed by atoms with Crippen LogP contribution in [-0.4, -0.2) is 34.0 Å². The quantitative estimate of drug-likeness (QED) is 0.619. The van der Waals surface area contributed by atoms with Gasteiger partial charge in [-0.15, -0.1) is 0 Å². The smallest absolute Gasteiger partial charge is 0.329 e. The lowest BCUT2D eigenvalue weighted by Crippen LogP contribution is -2.52.